The van der Waals surface area contributed by atoms with Crippen LogP contribution in [-0.2, 0) is 4.79 Å². The predicted molar refractivity (Wildman–Crippen MR) is 86.5 cm³/mol. The molecule has 1 aliphatic rings. The third kappa shape index (κ3) is 2.92. The maximum Gasteiger partial charge on any atom is 0.255 e. The molecular weight excluding hydrogens is 302 g/mol. The second-order valence-electron chi connectivity index (χ2n) is 4.80. The van der Waals surface area contributed by atoms with E-state index in [-0.39, 0.29) is 12.5 Å². The summed E-state index contributed by atoms with van der Waals surface area (Å²) in [4.78, 5) is 12.3. The standard InChI is InChI=1S/C17H14ClNO3/c1-21-16-7-6-13(9-14(16)18)19-17(20)12-8-11-4-2-3-5-15(11)22-10-12/h2-9H,10H2,1H3,(H,19,20). The third-order valence-corrected chi connectivity index (χ3v) is 3.63. The van der Waals surface area contributed by atoms with Crippen LogP contribution < -0.4 is 14.8 Å². The van der Waals surface area contributed by atoms with Crippen LogP contribution in [0.3, 0.4) is 0 Å². The molecule has 2 aromatic rings. The maximum atomic E-state index is 12.3. The number of halogens is 1. The van der Waals surface area contributed by atoms with Gasteiger partial charge in [0.05, 0.1) is 17.7 Å². The van der Waals surface area contributed by atoms with Gasteiger partial charge in [0.1, 0.15) is 18.1 Å². The van der Waals surface area contributed by atoms with Crippen molar-refractivity contribution < 1.29 is 14.3 Å². The Bertz CT molecular complexity index is 755. The van der Waals surface area contributed by atoms with E-state index in [1.807, 2.05) is 30.3 Å². The fourth-order valence-corrected chi connectivity index (χ4v) is 2.46. The van der Waals surface area contributed by atoms with Crippen LogP contribution in [-0.4, -0.2) is 19.6 Å². The summed E-state index contributed by atoms with van der Waals surface area (Å²) < 4.78 is 10.7. The van der Waals surface area contributed by atoms with E-state index >= 15 is 0 Å². The summed E-state index contributed by atoms with van der Waals surface area (Å²) in [6.07, 6.45) is 1.83. The SMILES string of the molecule is COc1ccc(NC(=O)C2=Cc3ccccc3OC2)cc1Cl. The zero-order valence-corrected chi connectivity index (χ0v) is 12.7. The van der Waals surface area contributed by atoms with E-state index in [0.717, 1.165) is 11.3 Å². The number of nitrogens with one attached hydrogen (secondary N) is 1. The molecule has 0 radical (unpaired) electrons. The molecule has 112 valence electrons. The molecule has 0 aromatic heterocycles. The molecule has 1 aliphatic heterocycles. The Morgan fingerprint density at radius 2 is 2.09 bits per heavy atom. The monoisotopic (exact) mass is 315 g/mol. The van der Waals surface area contributed by atoms with E-state index in [1.54, 1.807) is 25.3 Å². The second kappa shape index (κ2) is 6.12. The number of benzene rings is 2. The first-order valence-corrected chi connectivity index (χ1v) is 7.12. The molecule has 4 nitrogen and oxygen atoms in total. The Balaban J connectivity index is 1.78. The van der Waals surface area contributed by atoms with Gasteiger partial charge >= 0.3 is 0 Å². The number of ether oxygens (including phenoxy) is 2. The molecule has 2 aromatic carbocycles. The minimum atomic E-state index is -0.212. The summed E-state index contributed by atoms with van der Waals surface area (Å²) in [5.74, 6) is 1.14. The van der Waals surface area contributed by atoms with E-state index < -0.39 is 0 Å². The lowest BCUT2D eigenvalue weighted by Crippen LogP contribution is -2.21. The third-order valence-electron chi connectivity index (χ3n) is 3.33. The number of fused-ring (bicyclic) bond motifs is 1. The number of carbonyl (C=O) groups excluding carboxylic acids is 1. The van der Waals surface area contributed by atoms with Crippen molar-refractivity contribution in [2.75, 3.05) is 19.0 Å². The number of anilines is 1. The van der Waals surface area contributed by atoms with Crippen LogP contribution in [0.5, 0.6) is 11.5 Å². The van der Waals surface area contributed by atoms with Gasteiger partial charge in [-0.05, 0) is 30.3 Å². The highest BCUT2D eigenvalue weighted by atomic mass is 35.5. The number of hydrogen-bond donors (Lipinski definition) is 1. The van der Waals surface area contributed by atoms with Gasteiger partial charge in [0.2, 0.25) is 0 Å². The molecule has 0 spiro atoms. The van der Waals surface area contributed by atoms with Crippen molar-refractivity contribution in [1.29, 1.82) is 0 Å². The van der Waals surface area contributed by atoms with Gasteiger partial charge in [0.15, 0.2) is 0 Å². The molecule has 3 rings (SSSR count). The molecule has 1 N–H and O–H groups in total. The normalized spacial score (nSPS) is 12.7. The van der Waals surface area contributed by atoms with E-state index in [2.05, 4.69) is 5.32 Å². The van der Waals surface area contributed by atoms with Crippen LogP contribution in [0.2, 0.25) is 5.02 Å². The van der Waals surface area contributed by atoms with Gasteiger partial charge in [0.25, 0.3) is 5.91 Å². The van der Waals surface area contributed by atoms with E-state index in [4.69, 9.17) is 21.1 Å². The van der Waals surface area contributed by atoms with Gasteiger partial charge in [-0.25, -0.2) is 0 Å². The highest BCUT2D eigenvalue weighted by molar-refractivity contribution is 6.32. The Kier molecular flexibility index (Phi) is 4.02. The van der Waals surface area contributed by atoms with Crippen LogP contribution in [0.4, 0.5) is 5.69 Å². The van der Waals surface area contributed by atoms with Gasteiger partial charge < -0.3 is 14.8 Å². The van der Waals surface area contributed by atoms with Crippen molar-refractivity contribution >= 4 is 29.3 Å². The van der Waals surface area contributed by atoms with Gasteiger partial charge in [-0.1, -0.05) is 29.8 Å². The molecule has 0 fully saturated rings. The fraction of sp³-hybridized carbons (Fsp3) is 0.118. The van der Waals surface area contributed by atoms with Gasteiger partial charge in [-0.2, -0.15) is 0 Å². The molecule has 0 saturated carbocycles. The first kappa shape index (κ1) is 14.5. The molecule has 5 heteroatoms. The van der Waals surface area contributed by atoms with Crippen LogP contribution >= 0.6 is 11.6 Å². The van der Waals surface area contributed by atoms with E-state index in [1.165, 1.54) is 0 Å². The molecule has 1 amide bonds. The highest BCUT2D eigenvalue weighted by Crippen LogP contribution is 2.29. The van der Waals surface area contributed by atoms with Crippen LogP contribution in [0.15, 0.2) is 48.0 Å². The lowest BCUT2D eigenvalue weighted by atomic mass is 10.1. The Labute approximate surface area is 133 Å². The molecule has 0 saturated heterocycles. The van der Waals surface area contributed by atoms with Crippen molar-refractivity contribution in [3.63, 3.8) is 0 Å². The molecule has 1 heterocycles. The predicted octanol–water partition coefficient (Wildman–Crippen LogP) is 3.76. The number of methoxy groups -OCH3 is 1. The number of carbonyl (C=O) groups is 1. The van der Waals surface area contributed by atoms with Crippen molar-refractivity contribution in [1.82, 2.24) is 0 Å². The van der Waals surface area contributed by atoms with Gasteiger partial charge in [-0.3, -0.25) is 4.79 Å². The molecule has 0 atom stereocenters. The Hall–Kier alpha value is -2.46. The van der Waals surface area contributed by atoms with Crippen molar-refractivity contribution in [2.45, 2.75) is 0 Å². The summed E-state index contributed by atoms with van der Waals surface area (Å²) in [6.45, 7) is 0.243. The highest BCUT2D eigenvalue weighted by Gasteiger charge is 2.17. The van der Waals surface area contributed by atoms with E-state index in [0.29, 0.717) is 22.0 Å². The largest absolute Gasteiger partial charge is 0.495 e. The summed E-state index contributed by atoms with van der Waals surface area (Å²) in [5.41, 5.74) is 2.06. The Morgan fingerprint density at radius 3 is 2.86 bits per heavy atom. The van der Waals surface area contributed by atoms with Crippen LogP contribution in [0, 0.1) is 0 Å². The Morgan fingerprint density at radius 1 is 1.27 bits per heavy atom. The molecule has 0 unspecified atom stereocenters. The molecular formula is C17H14ClNO3. The van der Waals surface area contributed by atoms with Crippen molar-refractivity contribution in [3.05, 3.63) is 58.6 Å². The van der Waals surface area contributed by atoms with Gasteiger partial charge in [0, 0.05) is 11.3 Å². The van der Waals surface area contributed by atoms with Crippen molar-refractivity contribution in [3.8, 4) is 11.5 Å². The first-order valence-electron chi connectivity index (χ1n) is 6.74. The smallest absolute Gasteiger partial charge is 0.255 e. The lowest BCUT2D eigenvalue weighted by molar-refractivity contribution is -0.113. The molecule has 22 heavy (non-hydrogen) atoms. The maximum absolute atomic E-state index is 12.3. The minimum absolute atomic E-state index is 0.212. The van der Waals surface area contributed by atoms with Crippen LogP contribution in [0.1, 0.15) is 5.56 Å². The quantitative estimate of drug-likeness (QED) is 0.938. The average molecular weight is 316 g/mol. The number of rotatable bonds is 3. The molecule has 0 aliphatic carbocycles. The topological polar surface area (TPSA) is 47.6 Å². The first-order chi connectivity index (χ1) is 10.7. The average Bonchev–Trinajstić information content (AvgIpc) is 2.54. The lowest BCUT2D eigenvalue weighted by Gasteiger charge is -2.17. The number of hydrogen-bond acceptors (Lipinski definition) is 3. The van der Waals surface area contributed by atoms with Crippen molar-refractivity contribution in [2.24, 2.45) is 0 Å². The number of para-hydroxylation sites is 1. The second-order valence-corrected chi connectivity index (χ2v) is 5.21. The summed E-state index contributed by atoms with van der Waals surface area (Å²) in [7, 11) is 1.54. The zero-order valence-electron chi connectivity index (χ0n) is 11.9. The molecule has 0 bridgehead atoms. The van der Waals surface area contributed by atoms with Gasteiger partial charge in [-0.15, -0.1) is 0 Å². The number of amides is 1. The van der Waals surface area contributed by atoms with Crippen LogP contribution in [0.25, 0.3) is 6.08 Å². The summed E-state index contributed by atoms with van der Waals surface area (Å²) in [6, 6.07) is 12.7. The zero-order chi connectivity index (χ0) is 15.5. The fourth-order valence-electron chi connectivity index (χ4n) is 2.20. The minimum Gasteiger partial charge on any atom is -0.495 e. The summed E-state index contributed by atoms with van der Waals surface area (Å²) in [5, 5.41) is 3.25. The van der Waals surface area contributed by atoms with E-state index in [9.17, 15) is 4.79 Å². The summed E-state index contributed by atoms with van der Waals surface area (Å²) >= 11 is 6.05.